The van der Waals surface area contributed by atoms with Gasteiger partial charge in [-0.05, 0) is 18.4 Å². The van der Waals surface area contributed by atoms with Crippen molar-refractivity contribution in [3.8, 4) is 0 Å². The lowest BCUT2D eigenvalue weighted by molar-refractivity contribution is -0.126. The molecular weight excluding hydrogens is 324 g/mol. The number of nitrogens with zero attached hydrogens (tertiary/aromatic N) is 2. The molecule has 7 heteroatoms. The van der Waals surface area contributed by atoms with Crippen molar-refractivity contribution >= 4 is 27.5 Å². The van der Waals surface area contributed by atoms with Gasteiger partial charge in [-0.15, -0.1) is 10.2 Å². The molecule has 24 heavy (non-hydrogen) atoms. The van der Waals surface area contributed by atoms with Gasteiger partial charge in [0.15, 0.2) is 6.10 Å². The predicted molar refractivity (Wildman–Crippen MR) is 95.2 cm³/mol. The van der Waals surface area contributed by atoms with Crippen molar-refractivity contribution < 1.29 is 9.53 Å². The molecule has 128 valence electrons. The Bertz CT molecular complexity index is 656. The summed E-state index contributed by atoms with van der Waals surface area (Å²) < 4.78 is 5.33. The lowest BCUT2D eigenvalue weighted by Gasteiger charge is -2.21. The molecule has 1 heterocycles. The zero-order chi connectivity index (χ0) is 16.8. The number of benzene rings is 1. The first kappa shape index (κ1) is 16.9. The monoisotopic (exact) mass is 346 g/mol. The molecule has 1 amide bonds. The van der Waals surface area contributed by atoms with E-state index in [4.69, 9.17) is 4.74 Å². The van der Waals surface area contributed by atoms with E-state index in [1.165, 1.54) is 50.6 Å². The summed E-state index contributed by atoms with van der Waals surface area (Å²) >= 11 is 1.36. The first-order chi connectivity index (χ1) is 11.8. The summed E-state index contributed by atoms with van der Waals surface area (Å²) in [4.78, 5) is 12.4. The minimum Gasteiger partial charge on any atom is -0.367 e. The molecular formula is C17H22N4O2S. The van der Waals surface area contributed by atoms with Crippen LogP contribution in [0.5, 0.6) is 0 Å². The first-order valence-corrected chi connectivity index (χ1v) is 9.06. The van der Waals surface area contributed by atoms with E-state index in [0.29, 0.717) is 11.2 Å². The van der Waals surface area contributed by atoms with Gasteiger partial charge in [0, 0.05) is 13.2 Å². The number of carbonyl (C=O) groups is 1. The highest BCUT2D eigenvalue weighted by atomic mass is 32.1. The maximum atomic E-state index is 12.4. The molecule has 0 bridgehead atoms. The van der Waals surface area contributed by atoms with E-state index in [9.17, 15) is 4.79 Å². The van der Waals surface area contributed by atoms with Gasteiger partial charge in [0.1, 0.15) is 0 Å². The van der Waals surface area contributed by atoms with Crippen LogP contribution in [-0.2, 0) is 9.53 Å². The zero-order valence-electron chi connectivity index (χ0n) is 13.7. The number of nitrogens with one attached hydrogen (secondary N) is 2. The molecule has 1 atom stereocenters. The Morgan fingerprint density at radius 3 is 2.58 bits per heavy atom. The highest BCUT2D eigenvalue weighted by Crippen LogP contribution is 2.26. The van der Waals surface area contributed by atoms with E-state index in [1.807, 2.05) is 30.3 Å². The topological polar surface area (TPSA) is 76.1 Å². The van der Waals surface area contributed by atoms with Crippen LogP contribution in [0.3, 0.4) is 0 Å². The standard InChI is InChI=1S/C17H22N4O2S/c1-23-14(12-8-4-2-5-9-12)15(22)19-17-21-20-16(24-17)18-13-10-6-3-7-11-13/h2,4-5,8-9,13-14H,3,6-7,10-11H2,1H3,(H,18,20)(H,19,21,22)/t14-/m0/s1. The molecule has 0 saturated heterocycles. The molecule has 0 unspecified atom stereocenters. The van der Waals surface area contributed by atoms with Crippen LogP contribution in [0.1, 0.15) is 43.8 Å². The fourth-order valence-corrected chi connectivity index (χ4v) is 3.67. The van der Waals surface area contributed by atoms with Gasteiger partial charge in [-0.2, -0.15) is 0 Å². The number of hydrogen-bond acceptors (Lipinski definition) is 6. The third-order valence-corrected chi connectivity index (χ3v) is 4.93. The predicted octanol–water partition coefficient (Wildman–Crippen LogP) is 3.61. The van der Waals surface area contributed by atoms with Gasteiger partial charge < -0.3 is 10.1 Å². The zero-order valence-corrected chi connectivity index (χ0v) is 14.5. The first-order valence-electron chi connectivity index (χ1n) is 8.25. The van der Waals surface area contributed by atoms with Crippen LogP contribution in [0, 0.1) is 0 Å². The Labute approximate surface area is 145 Å². The number of methoxy groups -OCH3 is 1. The van der Waals surface area contributed by atoms with Crippen molar-refractivity contribution in [2.45, 2.75) is 44.2 Å². The molecule has 1 aromatic carbocycles. The summed E-state index contributed by atoms with van der Waals surface area (Å²) in [5.41, 5.74) is 0.808. The molecule has 2 aromatic rings. The maximum absolute atomic E-state index is 12.4. The van der Waals surface area contributed by atoms with Gasteiger partial charge in [0.05, 0.1) is 0 Å². The Morgan fingerprint density at radius 1 is 1.17 bits per heavy atom. The smallest absolute Gasteiger partial charge is 0.259 e. The van der Waals surface area contributed by atoms with Crippen LogP contribution in [-0.4, -0.2) is 29.3 Å². The Balaban J connectivity index is 1.60. The minimum atomic E-state index is -0.662. The van der Waals surface area contributed by atoms with Gasteiger partial charge in [-0.3, -0.25) is 10.1 Å². The van der Waals surface area contributed by atoms with E-state index in [1.54, 1.807) is 0 Å². The molecule has 1 saturated carbocycles. The molecule has 1 aromatic heterocycles. The Kier molecular flexibility index (Phi) is 5.77. The molecule has 6 nitrogen and oxygen atoms in total. The maximum Gasteiger partial charge on any atom is 0.259 e. The summed E-state index contributed by atoms with van der Waals surface area (Å²) in [5.74, 6) is -0.246. The molecule has 2 N–H and O–H groups in total. The second-order valence-electron chi connectivity index (χ2n) is 5.91. The van der Waals surface area contributed by atoms with Gasteiger partial charge >= 0.3 is 0 Å². The van der Waals surface area contributed by atoms with Crippen molar-refractivity contribution in [3.05, 3.63) is 35.9 Å². The number of rotatable bonds is 6. The summed E-state index contributed by atoms with van der Waals surface area (Å²) in [6, 6.07) is 9.86. The number of aromatic nitrogens is 2. The lowest BCUT2D eigenvalue weighted by Crippen LogP contribution is -2.22. The van der Waals surface area contributed by atoms with Gasteiger partial charge in [0.2, 0.25) is 10.3 Å². The summed E-state index contributed by atoms with van der Waals surface area (Å²) in [6.45, 7) is 0. The molecule has 1 fully saturated rings. The quantitative estimate of drug-likeness (QED) is 0.835. The summed E-state index contributed by atoms with van der Waals surface area (Å²) in [6.07, 6.45) is 5.50. The van der Waals surface area contributed by atoms with Crippen LogP contribution >= 0.6 is 11.3 Å². The third kappa shape index (κ3) is 4.30. The Morgan fingerprint density at radius 2 is 1.88 bits per heavy atom. The minimum absolute atomic E-state index is 0.246. The van der Waals surface area contributed by atoms with E-state index < -0.39 is 6.10 Å². The largest absolute Gasteiger partial charge is 0.367 e. The lowest BCUT2D eigenvalue weighted by atomic mass is 9.96. The van der Waals surface area contributed by atoms with Crippen LogP contribution in [0.15, 0.2) is 30.3 Å². The molecule has 0 radical (unpaired) electrons. The van der Waals surface area contributed by atoms with Crippen LogP contribution in [0.2, 0.25) is 0 Å². The highest BCUT2D eigenvalue weighted by Gasteiger charge is 2.22. The fourth-order valence-electron chi connectivity index (χ4n) is 2.95. The van der Waals surface area contributed by atoms with Crippen LogP contribution in [0.4, 0.5) is 10.3 Å². The normalized spacial score (nSPS) is 16.5. The summed E-state index contributed by atoms with van der Waals surface area (Å²) in [7, 11) is 1.52. The number of ether oxygens (including phenoxy) is 1. The molecule has 0 aliphatic heterocycles. The van der Waals surface area contributed by atoms with Crippen LogP contribution in [0.25, 0.3) is 0 Å². The van der Waals surface area contributed by atoms with Gasteiger partial charge in [-0.25, -0.2) is 0 Å². The fraction of sp³-hybridized carbons (Fsp3) is 0.471. The number of amides is 1. The summed E-state index contributed by atoms with van der Waals surface area (Å²) in [5, 5.41) is 15.6. The van der Waals surface area contributed by atoms with Gasteiger partial charge in [-0.1, -0.05) is 60.9 Å². The molecule has 0 spiro atoms. The van der Waals surface area contributed by atoms with Crippen molar-refractivity contribution in [2.75, 3.05) is 17.7 Å². The average Bonchev–Trinajstić information content (AvgIpc) is 3.04. The highest BCUT2D eigenvalue weighted by molar-refractivity contribution is 7.19. The third-order valence-electron chi connectivity index (χ3n) is 4.16. The molecule has 3 rings (SSSR count). The second kappa shape index (κ2) is 8.21. The Hall–Kier alpha value is -1.99. The van der Waals surface area contributed by atoms with Crippen molar-refractivity contribution in [2.24, 2.45) is 0 Å². The van der Waals surface area contributed by atoms with E-state index in [2.05, 4.69) is 20.8 Å². The SMILES string of the molecule is CO[C@H](C(=O)Nc1nnc(NC2CCCCC2)s1)c1ccccc1. The molecule has 1 aliphatic rings. The van der Waals surface area contributed by atoms with E-state index >= 15 is 0 Å². The van der Waals surface area contributed by atoms with Crippen molar-refractivity contribution in [1.82, 2.24) is 10.2 Å². The van der Waals surface area contributed by atoms with Gasteiger partial charge in [0.25, 0.3) is 5.91 Å². The number of hydrogen-bond donors (Lipinski definition) is 2. The number of carbonyl (C=O) groups excluding carboxylic acids is 1. The van der Waals surface area contributed by atoms with E-state index in [-0.39, 0.29) is 5.91 Å². The van der Waals surface area contributed by atoms with E-state index in [0.717, 1.165) is 10.7 Å². The average molecular weight is 346 g/mol. The van der Waals surface area contributed by atoms with Crippen molar-refractivity contribution in [1.29, 1.82) is 0 Å². The number of anilines is 2. The second-order valence-corrected chi connectivity index (χ2v) is 6.88. The van der Waals surface area contributed by atoms with Crippen LogP contribution < -0.4 is 10.6 Å². The molecule has 1 aliphatic carbocycles. The van der Waals surface area contributed by atoms with Crippen molar-refractivity contribution in [3.63, 3.8) is 0 Å².